The molecule has 19 heavy (non-hydrogen) atoms. The fraction of sp³-hybridized carbons (Fsp3) is 0.933. The van der Waals surface area contributed by atoms with Gasteiger partial charge in [-0.25, -0.2) is 0 Å². The minimum absolute atomic E-state index is 0.106. The molecule has 0 aliphatic rings. The van der Waals surface area contributed by atoms with E-state index in [9.17, 15) is 4.79 Å². The van der Waals surface area contributed by atoms with Gasteiger partial charge in [-0.15, -0.1) is 0 Å². The van der Waals surface area contributed by atoms with Crippen molar-refractivity contribution >= 4 is 5.91 Å². The Morgan fingerprint density at radius 2 is 1.74 bits per heavy atom. The zero-order valence-electron chi connectivity index (χ0n) is 13.8. The lowest BCUT2D eigenvalue weighted by Crippen LogP contribution is -2.49. The third-order valence-electron chi connectivity index (χ3n) is 3.36. The molecule has 0 rings (SSSR count). The topological polar surface area (TPSA) is 44.4 Å². The van der Waals surface area contributed by atoms with Gasteiger partial charge in [0, 0.05) is 19.1 Å². The fourth-order valence-electron chi connectivity index (χ4n) is 2.25. The van der Waals surface area contributed by atoms with Crippen LogP contribution in [-0.2, 0) is 4.79 Å². The average Bonchev–Trinajstić information content (AvgIpc) is 2.31. The van der Waals surface area contributed by atoms with Crippen LogP contribution in [0.5, 0.6) is 0 Å². The van der Waals surface area contributed by atoms with Crippen molar-refractivity contribution in [1.29, 1.82) is 0 Å². The van der Waals surface area contributed by atoms with E-state index in [1.54, 1.807) is 0 Å². The van der Waals surface area contributed by atoms with Crippen molar-refractivity contribution in [2.75, 3.05) is 27.2 Å². The molecule has 0 radical (unpaired) electrons. The molecule has 0 aliphatic carbocycles. The Balaban J connectivity index is 4.16. The molecule has 1 atom stereocenters. The largest absolute Gasteiger partial charge is 0.352 e. The van der Waals surface area contributed by atoms with E-state index >= 15 is 0 Å². The highest BCUT2D eigenvalue weighted by Crippen LogP contribution is 2.14. The van der Waals surface area contributed by atoms with Gasteiger partial charge in [-0.2, -0.15) is 0 Å². The average molecular weight is 271 g/mol. The molecule has 2 N–H and O–H groups in total. The summed E-state index contributed by atoms with van der Waals surface area (Å²) in [6, 6.07) is 0.161. The number of carbonyl (C=O) groups excluding carboxylic acids is 1. The van der Waals surface area contributed by atoms with Gasteiger partial charge in [0.05, 0.1) is 6.04 Å². The molecule has 0 aromatic rings. The van der Waals surface area contributed by atoms with Crippen molar-refractivity contribution < 1.29 is 4.79 Å². The molecule has 0 heterocycles. The Labute approximate surface area is 119 Å². The van der Waals surface area contributed by atoms with Crippen LogP contribution < -0.4 is 10.6 Å². The van der Waals surface area contributed by atoms with Crippen LogP contribution in [0.25, 0.3) is 0 Å². The molecule has 0 aromatic heterocycles. The highest BCUT2D eigenvalue weighted by Gasteiger charge is 2.22. The van der Waals surface area contributed by atoms with E-state index in [-0.39, 0.29) is 17.4 Å². The third-order valence-corrected chi connectivity index (χ3v) is 3.36. The second kappa shape index (κ2) is 8.54. The van der Waals surface area contributed by atoms with Crippen molar-refractivity contribution in [2.45, 2.75) is 59.5 Å². The SMILES string of the molecule is CCC(CC)NC(=O)C(C)NCC(C)(C)CN(C)C. The molecule has 0 bridgehead atoms. The highest BCUT2D eigenvalue weighted by molar-refractivity contribution is 5.81. The van der Waals surface area contributed by atoms with Crippen LogP contribution in [0.2, 0.25) is 0 Å². The summed E-state index contributed by atoms with van der Waals surface area (Å²) in [5.74, 6) is 0.106. The van der Waals surface area contributed by atoms with Crippen molar-refractivity contribution in [3.05, 3.63) is 0 Å². The van der Waals surface area contributed by atoms with Crippen LogP contribution >= 0.6 is 0 Å². The Hall–Kier alpha value is -0.610. The van der Waals surface area contributed by atoms with Gasteiger partial charge < -0.3 is 15.5 Å². The van der Waals surface area contributed by atoms with Gasteiger partial charge in [0.25, 0.3) is 0 Å². The zero-order chi connectivity index (χ0) is 15.1. The molecule has 0 spiro atoms. The Kier molecular flexibility index (Phi) is 8.26. The minimum Gasteiger partial charge on any atom is -0.352 e. The van der Waals surface area contributed by atoms with Gasteiger partial charge in [0.2, 0.25) is 5.91 Å². The van der Waals surface area contributed by atoms with Crippen LogP contribution in [0.3, 0.4) is 0 Å². The number of rotatable bonds is 9. The minimum atomic E-state index is -0.137. The van der Waals surface area contributed by atoms with Crippen molar-refractivity contribution in [3.63, 3.8) is 0 Å². The monoisotopic (exact) mass is 271 g/mol. The lowest BCUT2D eigenvalue weighted by molar-refractivity contribution is -0.123. The normalized spacial score (nSPS) is 13.9. The second-order valence-electron chi connectivity index (χ2n) is 6.53. The zero-order valence-corrected chi connectivity index (χ0v) is 13.8. The maximum absolute atomic E-state index is 12.0. The van der Waals surface area contributed by atoms with Crippen LogP contribution in [0.15, 0.2) is 0 Å². The molecular formula is C15H33N3O. The lowest BCUT2D eigenvalue weighted by Gasteiger charge is -2.30. The lowest BCUT2D eigenvalue weighted by atomic mass is 9.92. The number of amides is 1. The molecule has 4 nitrogen and oxygen atoms in total. The first-order valence-electron chi connectivity index (χ1n) is 7.40. The van der Waals surface area contributed by atoms with Crippen LogP contribution in [0, 0.1) is 5.41 Å². The van der Waals surface area contributed by atoms with Crippen LogP contribution in [0.1, 0.15) is 47.5 Å². The summed E-state index contributed by atoms with van der Waals surface area (Å²) in [7, 11) is 4.15. The predicted molar refractivity (Wildman–Crippen MR) is 82.3 cm³/mol. The van der Waals surface area contributed by atoms with E-state index in [2.05, 4.69) is 57.3 Å². The molecule has 1 unspecified atom stereocenters. The predicted octanol–water partition coefficient (Wildman–Crippen LogP) is 1.86. The number of hydrogen-bond donors (Lipinski definition) is 2. The summed E-state index contributed by atoms with van der Waals surface area (Å²) in [5.41, 5.74) is 0.160. The summed E-state index contributed by atoms with van der Waals surface area (Å²) in [4.78, 5) is 14.2. The molecule has 1 amide bonds. The van der Waals surface area contributed by atoms with Crippen molar-refractivity contribution in [1.82, 2.24) is 15.5 Å². The van der Waals surface area contributed by atoms with Gasteiger partial charge in [-0.3, -0.25) is 4.79 Å². The van der Waals surface area contributed by atoms with E-state index in [0.29, 0.717) is 6.04 Å². The smallest absolute Gasteiger partial charge is 0.237 e. The van der Waals surface area contributed by atoms with Gasteiger partial charge in [-0.1, -0.05) is 27.7 Å². The standard InChI is InChI=1S/C15H33N3O/c1-8-13(9-2)17-14(19)12(3)16-10-15(4,5)11-18(6)7/h12-13,16H,8-11H2,1-7H3,(H,17,19). The van der Waals surface area contributed by atoms with E-state index in [4.69, 9.17) is 0 Å². The van der Waals surface area contributed by atoms with Crippen molar-refractivity contribution in [3.8, 4) is 0 Å². The number of hydrogen-bond acceptors (Lipinski definition) is 3. The molecule has 114 valence electrons. The molecule has 0 aliphatic heterocycles. The quantitative estimate of drug-likeness (QED) is 0.673. The van der Waals surface area contributed by atoms with Crippen LogP contribution in [-0.4, -0.2) is 50.1 Å². The highest BCUT2D eigenvalue weighted by atomic mass is 16.2. The Bertz CT molecular complexity index is 260. The molecular weight excluding hydrogens is 238 g/mol. The van der Waals surface area contributed by atoms with Crippen molar-refractivity contribution in [2.24, 2.45) is 5.41 Å². The van der Waals surface area contributed by atoms with Gasteiger partial charge in [0.1, 0.15) is 0 Å². The first-order chi connectivity index (χ1) is 8.71. The fourth-order valence-corrected chi connectivity index (χ4v) is 2.25. The van der Waals surface area contributed by atoms with E-state index < -0.39 is 0 Å². The second-order valence-corrected chi connectivity index (χ2v) is 6.53. The number of nitrogens with zero attached hydrogens (tertiary/aromatic N) is 1. The summed E-state index contributed by atoms with van der Waals surface area (Å²) in [6.07, 6.45) is 1.97. The van der Waals surface area contributed by atoms with E-state index in [1.807, 2.05) is 6.92 Å². The summed E-state index contributed by atoms with van der Waals surface area (Å²) >= 11 is 0. The molecule has 0 fully saturated rings. The summed E-state index contributed by atoms with van der Waals surface area (Å²) in [5, 5.41) is 6.42. The van der Waals surface area contributed by atoms with Gasteiger partial charge in [0.15, 0.2) is 0 Å². The summed E-state index contributed by atoms with van der Waals surface area (Å²) in [6.45, 7) is 12.4. The number of carbonyl (C=O) groups is 1. The molecule has 0 saturated heterocycles. The number of nitrogens with one attached hydrogen (secondary N) is 2. The van der Waals surface area contributed by atoms with Crippen LogP contribution in [0.4, 0.5) is 0 Å². The van der Waals surface area contributed by atoms with E-state index in [1.165, 1.54) is 0 Å². The van der Waals surface area contributed by atoms with Gasteiger partial charge in [-0.05, 0) is 39.3 Å². The first-order valence-corrected chi connectivity index (χ1v) is 7.40. The Morgan fingerprint density at radius 3 is 2.16 bits per heavy atom. The van der Waals surface area contributed by atoms with E-state index in [0.717, 1.165) is 25.9 Å². The van der Waals surface area contributed by atoms with Gasteiger partial charge >= 0.3 is 0 Å². The molecule has 0 saturated carbocycles. The third kappa shape index (κ3) is 8.22. The maximum atomic E-state index is 12.0. The molecule has 0 aromatic carbocycles. The molecule has 4 heteroatoms. The first kappa shape index (κ1) is 18.4. The maximum Gasteiger partial charge on any atom is 0.237 e. The Morgan fingerprint density at radius 1 is 1.21 bits per heavy atom. The summed E-state index contributed by atoms with van der Waals surface area (Å²) < 4.78 is 0.